The van der Waals surface area contributed by atoms with Gasteiger partial charge in [-0.1, -0.05) is 61.5 Å². The molecule has 0 unspecified atom stereocenters. The maximum atomic E-state index is 3.43. The molecule has 0 spiro atoms. The molecule has 0 fully saturated rings. The van der Waals surface area contributed by atoms with Gasteiger partial charge in [0.15, 0.2) is 0 Å². The first-order valence-electron chi connectivity index (χ1n) is 6.75. The Morgan fingerprint density at radius 3 is 2.05 bits per heavy atom. The van der Waals surface area contributed by atoms with Crippen molar-refractivity contribution in [3.8, 4) is 11.1 Å². The second-order valence-electron chi connectivity index (χ2n) is 4.56. The molecule has 0 amide bonds. The molecule has 19 heavy (non-hydrogen) atoms. The summed E-state index contributed by atoms with van der Waals surface area (Å²) in [6.07, 6.45) is 2.31. The molecule has 0 saturated carbocycles. The third-order valence-corrected chi connectivity index (χ3v) is 3.08. The average molecular weight is 276 g/mol. The first-order chi connectivity index (χ1) is 8.90. The highest BCUT2D eigenvalue weighted by atomic mass is 35.5. The quantitative estimate of drug-likeness (QED) is 0.775. The molecule has 2 aromatic carbocycles. The minimum absolute atomic E-state index is 0. The summed E-state index contributed by atoms with van der Waals surface area (Å²) in [5, 5.41) is 3.43. The zero-order valence-electron chi connectivity index (χ0n) is 11.4. The Hall–Kier alpha value is -1.31. The fourth-order valence-corrected chi connectivity index (χ4v) is 2.03. The van der Waals surface area contributed by atoms with Crippen LogP contribution in [0.4, 0.5) is 0 Å². The molecule has 0 aliphatic carbocycles. The fraction of sp³-hybridized carbons (Fsp3) is 0.294. The van der Waals surface area contributed by atoms with Crippen LogP contribution in [0, 0.1) is 0 Å². The topological polar surface area (TPSA) is 12.0 Å². The molecular weight excluding hydrogens is 254 g/mol. The van der Waals surface area contributed by atoms with Gasteiger partial charge in [0.25, 0.3) is 0 Å². The van der Waals surface area contributed by atoms with Crippen molar-refractivity contribution in [1.82, 2.24) is 5.32 Å². The van der Waals surface area contributed by atoms with E-state index in [2.05, 4.69) is 66.8 Å². The first-order valence-corrected chi connectivity index (χ1v) is 6.75. The summed E-state index contributed by atoms with van der Waals surface area (Å²) >= 11 is 0. The summed E-state index contributed by atoms with van der Waals surface area (Å²) < 4.78 is 0. The molecule has 0 aliphatic heterocycles. The van der Waals surface area contributed by atoms with Gasteiger partial charge in [-0.3, -0.25) is 0 Å². The van der Waals surface area contributed by atoms with Crippen LogP contribution < -0.4 is 5.32 Å². The lowest BCUT2D eigenvalue weighted by Gasteiger charge is -2.05. The second-order valence-corrected chi connectivity index (χ2v) is 4.56. The molecular formula is C17H22ClN. The minimum Gasteiger partial charge on any atom is -0.316 e. The highest BCUT2D eigenvalue weighted by molar-refractivity contribution is 5.85. The van der Waals surface area contributed by atoms with Crippen LogP contribution in [0.5, 0.6) is 0 Å². The van der Waals surface area contributed by atoms with Crippen LogP contribution in [0.25, 0.3) is 11.1 Å². The van der Waals surface area contributed by atoms with Crippen molar-refractivity contribution in [3.63, 3.8) is 0 Å². The zero-order valence-corrected chi connectivity index (χ0v) is 12.2. The Morgan fingerprint density at radius 1 is 0.789 bits per heavy atom. The lowest BCUT2D eigenvalue weighted by Crippen LogP contribution is -2.17. The Kier molecular flexibility index (Phi) is 7.24. The van der Waals surface area contributed by atoms with Crippen molar-refractivity contribution in [2.45, 2.75) is 19.8 Å². The van der Waals surface area contributed by atoms with E-state index in [4.69, 9.17) is 0 Å². The molecule has 0 aliphatic rings. The lowest BCUT2D eigenvalue weighted by molar-refractivity contribution is 0.671. The van der Waals surface area contributed by atoms with Crippen molar-refractivity contribution in [3.05, 3.63) is 60.2 Å². The van der Waals surface area contributed by atoms with Gasteiger partial charge >= 0.3 is 0 Å². The van der Waals surface area contributed by atoms with Gasteiger partial charge < -0.3 is 5.32 Å². The lowest BCUT2D eigenvalue weighted by atomic mass is 10.0. The maximum absolute atomic E-state index is 3.43. The third kappa shape index (κ3) is 5.06. The normalized spacial score (nSPS) is 9.95. The third-order valence-electron chi connectivity index (χ3n) is 3.08. The molecule has 0 heterocycles. The zero-order chi connectivity index (χ0) is 12.6. The van der Waals surface area contributed by atoms with Crippen LogP contribution in [-0.4, -0.2) is 13.1 Å². The van der Waals surface area contributed by atoms with E-state index in [0.29, 0.717) is 0 Å². The van der Waals surface area contributed by atoms with E-state index in [-0.39, 0.29) is 12.4 Å². The fourth-order valence-electron chi connectivity index (χ4n) is 2.03. The van der Waals surface area contributed by atoms with E-state index in [1.165, 1.54) is 23.1 Å². The molecule has 0 saturated heterocycles. The number of rotatable bonds is 6. The number of benzene rings is 2. The number of hydrogen-bond acceptors (Lipinski definition) is 1. The molecule has 2 heteroatoms. The average Bonchev–Trinajstić information content (AvgIpc) is 2.45. The summed E-state index contributed by atoms with van der Waals surface area (Å²) in [7, 11) is 0. The predicted octanol–water partition coefficient (Wildman–Crippen LogP) is 4.32. The molecule has 0 bridgehead atoms. The van der Waals surface area contributed by atoms with Crippen molar-refractivity contribution in [2.24, 2.45) is 0 Å². The minimum atomic E-state index is 0. The summed E-state index contributed by atoms with van der Waals surface area (Å²) in [5.41, 5.74) is 3.98. The van der Waals surface area contributed by atoms with Gasteiger partial charge in [0.05, 0.1) is 0 Å². The monoisotopic (exact) mass is 275 g/mol. The Morgan fingerprint density at radius 2 is 1.42 bits per heavy atom. The van der Waals surface area contributed by atoms with E-state index < -0.39 is 0 Å². The van der Waals surface area contributed by atoms with Gasteiger partial charge in [-0.25, -0.2) is 0 Å². The molecule has 2 aromatic rings. The smallest absolute Gasteiger partial charge is 0.000835 e. The van der Waals surface area contributed by atoms with Crippen molar-refractivity contribution in [1.29, 1.82) is 0 Å². The van der Waals surface area contributed by atoms with Crippen LogP contribution in [-0.2, 0) is 6.42 Å². The number of halogens is 1. The standard InChI is InChI=1S/C17H21N.ClH/c1-2-13-18-14-12-15-8-10-17(11-9-15)16-6-4-3-5-7-16;/h3-11,18H,2,12-14H2,1H3;1H. The maximum Gasteiger partial charge on any atom is -0.000835 e. The Labute approximate surface area is 122 Å². The van der Waals surface area contributed by atoms with Gasteiger partial charge in [-0.15, -0.1) is 12.4 Å². The van der Waals surface area contributed by atoms with Crippen LogP contribution in [0.15, 0.2) is 54.6 Å². The van der Waals surface area contributed by atoms with E-state index in [1.54, 1.807) is 0 Å². The summed E-state index contributed by atoms with van der Waals surface area (Å²) in [6.45, 7) is 4.38. The van der Waals surface area contributed by atoms with Gasteiger partial charge in [-0.2, -0.15) is 0 Å². The van der Waals surface area contributed by atoms with Crippen molar-refractivity contribution >= 4 is 12.4 Å². The molecule has 102 valence electrons. The molecule has 1 N–H and O–H groups in total. The van der Waals surface area contributed by atoms with E-state index >= 15 is 0 Å². The molecule has 0 radical (unpaired) electrons. The number of hydrogen-bond donors (Lipinski definition) is 1. The van der Waals surface area contributed by atoms with Crippen LogP contribution in [0.2, 0.25) is 0 Å². The largest absolute Gasteiger partial charge is 0.316 e. The summed E-state index contributed by atoms with van der Waals surface area (Å²) in [5.74, 6) is 0. The van der Waals surface area contributed by atoms with E-state index in [1.807, 2.05) is 0 Å². The van der Waals surface area contributed by atoms with E-state index in [9.17, 15) is 0 Å². The summed E-state index contributed by atoms with van der Waals surface area (Å²) in [4.78, 5) is 0. The van der Waals surface area contributed by atoms with Crippen molar-refractivity contribution in [2.75, 3.05) is 13.1 Å². The molecule has 0 aromatic heterocycles. The molecule has 2 rings (SSSR count). The van der Waals surface area contributed by atoms with Gasteiger partial charge in [0.2, 0.25) is 0 Å². The SMILES string of the molecule is CCCNCCc1ccc(-c2ccccc2)cc1.Cl. The van der Waals surface area contributed by atoms with Crippen LogP contribution in [0.3, 0.4) is 0 Å². The predicted molar refractivity (Wildman–Crippen MR) is 86.0 cm³/mol. The molecule has 0 atom stereocenters. The van der Waals surface area contributed by atoms with Gasteiger partial charge in [0, 0.05) is 0 Å². The Bertz CT molecular complexity index is 450. The van der Waals surface area contributed by atoms with Gasteiger partial charge in [-0.05, 0) is 42.6 Å². The number of nitrogens with one attached hydrogen (secondary N) is 1. The van der Waals surface area contributed by atoms with Gasteiger partial charge in [0.1, 0.15) is 0 Å². The Balaban J connectivity index is 0.00000180. The highest BCUT2D eigenvalue weighted by Crippen LogP contribution is 2.19. The second kappa shape index (κ2) is 8.73. The van der Waals surface area contributed by atoms with Crippen LogP contribution >= 0.6 is 12.4 Å². The first kappa shape index (κ1) is 15.7. The molecule has 1 nitrogen and oxygen atoms in total. The van der Waals surface area contributed by atoms with Crippen LogP contribution in [0.1, 0.15) is 18.9 Å². The van der Waals surface area contributed by atoms with E-state index in [0.717, 1.165) is 19.5 Å². The summed E-state index contributed by atoms with van der Waals surface area (Å²) in [6, 6.07) is 19.4. The highest BCUT2D eigenvalue weighted by Gasteiger charge is 1.97. The van der Waals surface area contributed by atoms with Crippen molar-refractivity contribution < 1.29 is 0 Å².